The number of thiocarbonyl (C=S) groups is 1. The summed E-state index contributed by atoms with van der Waals surface area (Å²) < 4.78 is 0.516. The van der Waals surface area contributed by atoms with Crippen LogP contribution >= 0.6 is 12.2 Å². The van der Waals surface area contributed by atoms with Crippen LogP contribution in [0.4, 0.5) is 0 Å². The van der Waals surface area contributed by atoms with Crippen molar-refractivity contribution in [3.05, 3.63) is 71.8 Å². The van der Waals surface area contributed by atoms with Crippen LogP contribution in [0.2, 0.25) is 0 Å². The van der Waals surface area contributed by atoms with Crippen molar-refractivity contribution in [1.82, 2.24) is 4.90 Å². The van der Waals surface area contributed by atoms with Gasteiger partial charge < -0.3 is 35.5 Å². The summed E-state index contributed by atoms with van der Waals surface area (Å²) in [5, 5.41) is 0. The van der Waals surface area contributed by atoms with Crippen LogP contribution in [0, 0.1) is 0 Å². The molecule has 0 saturated carbocycles. The highest BCUT2D eigenvalue weighted by Gasteiger charge is 2.03. The summed E-state index contributed by atoms with van der Waals surface area (Å²) in [6, 6.07) is 20.5. The number of hydrogen-bond acceptors (Lipinski definition) is 2. The van der Waals surface area contributed by atoms with Crippen molar-refractivity contribution in [3.63, 3.8) is 0 Å². The lowest BCUT2D eigenvalue weighted by molar-refractivity contribution is -0.361. The zero-order valence-corrected chi connectivity index (χ0v) is 14.0. The molecule has 0 atom stereocenters. The third-order valence-electron chi connectivity index (χ3n) is 2.69. The topological polar surface area (TPSA) is 30.9 Å². The Morgan fingerprint density at radius 2 is 1.29 bits per heavy atom. The van der Waals surface area contributed by atoms with E-state index in [-0.39, 0.29) is 0 Å². The average molecular weight is 319 g/mol. The lowest BCUT2D eigenvalue weighted by Gasteiger charge is -2.28. The smallest absolute Gasteiger partial charge is 0.0711 e. The van der Waals surface area contributed by atoms with Crippen LogP contribution < -0.4 is 5.73 Å². The highest BCUT2D eigenvalue weighted by Crippen LogP contribution is 2.10. The molecule has 0 bridgehead atoms. The van der Waals surface area contributed by atoms with E-state index in [1.807, 2.05) is 48.2 Å². The van der Waals surface area contributed by atoms with Crippen molar-refractivity contribution in [2.24, 2.45) is 0 Å². The standard InChI is InChI=1S/C15H15NS2.C2H7N/c17-15(18)16(11-13-7-3-1-4-8-13)12-14-9-5-2-6-10-14;1-2-3/h1-10H,11-12H2,(H,17,18);2-3H2,1H3. The maximum atomic E-state index is 5.16. The molecule has 2 nitrogen and oxygen atoms in total. The van der Waals surface area contributed by atoms with E-state index in [9.17, 15) is 0 Å². The zero-order chi connectivity index (χ0) is 15.5. The van der Waals surface area contributed by atoms with Gasteiger partial charge in [-0.2, -0.15) is 0 Å². The fraction of sp³-hybridized carbons (Fsp3) is 0.235. The second kappa shape index (κ2) is 10.3. The molecule has 0 unspecified atom stereocenters. The molecule has 0 amide bonds. The molecule has 21 heavy (non-hydrogen) atoms. The van der Waals surface area contributed by atoms with Gasteiger partial charge in [0.1, 0.15) is 0 Å². The van der Waals surface area contributed by atoms with Gasteiger partial charge in [-0.05, 0) is 18.1 Å². The number of quaternary nitrogens is 1. The van der Waals surface area contributed by atoms with Gasteiger partial charge >= 0.3 is 0 Å². The average Bonchev–Trinajstić information content (AvgIpc) is 2.49. The summed E-state index contributed by atoms with van der Waals surface area (Å²) in [5.74, 6) is 0. The van der Waals surface area contributed by atoms with Gasteiger partial charge in [0.15, 0.2) is 0 Å². The maximum absolute atomic E-state index is 5.16. The first-order chi connectivity index (χ1) is 10.2. The van der Waals surface area contributed by atoms with Crippen molar-refractivity contribution in [2.45, 2.75) is 20.0 Å². The zero-order valence-electron chi connectivity index (χ0n) is 12.4. The Morgan fingerprint density at radius 1 is 0.952 bits per heavy atom. The fourth-order valence-corrected chi connectivity index (χ4v) is 2.05. The summed E-state index contributed by atoms with van der Waals surface area (Å²) >= 11 is 10.3. The number of benzene rings is 2. The summed E-state index contributed by atoms with van der Waals surface area (Å²) in [5.41, 5.74) is 5.93. The van der Waals surface area contributed by atoms with Gasteiger partial charge in [0.25, 0.3) is 0 Å². The molecular formula is C17H22N2S2. The summed E-state index contributed by atoms with van der Waals surface area (Å²) in [4.78, 5) is 2.04. The molecule has 2 aromatic carbocycles. The molecule has 0 spiro atoms. The van der Waals surface area contributed by atoms with Gasteiger partial charge in [0.2, 0.25) is 0 Å². The molecule has 0 radical (unpaired) electrons. The molecule has 0 saturated heterocycles. The van der Waals surface area contributed by atoms with Gasteiger partial charge in [0.05, 0.1) is 6.54 Å². The monoisotopic (exact) mass is 318 g/mol. The molecule has 112 valence electrons. The van der Waals surface area contributed by atoms with Gasteiger partial charge in [-0.1, -0.05) is 65.0 Å². The first kappa shape index (κ1) is 17.6. The summed E-state index contributed by atoms with van der Waals surface area (Å²) in [7, 11) is 0. The predicted octanol–water partition coefficient (Wildman–Crippen LogP) is 2.77. The Kier molecular flexibility index (Phi) is 8.59. The van der Waals surface area contributed by atoms with Gasteiger partial charge in [0, 0.05) is 13.1 Å². The van der Waals surface area contributed by atoms with Crippen molar-refractivity contribution in [3.8, 4) is 0 Å². The van der Waals surface area contributed by atoms with Crippen molar-refractivity contribution in [1.29, 1.82) is 0 Å². The molecule has 2 aromatic rings. The van der Waals surface area contributed by atoms with Crippen LogP contribution in [0.15, 0.2) is 60.7 Å². The Balaban J connectivity index is 0.000000677. The van der Waals surface area contributed by atoms with Gasteiger partial charge in [-0.3, -0.25) is 0 Å². The van der Waals surface area contributed by atoms with Crippen molar-refractivity contribution < 1.29 is 5.73 Å². The molecule has 0 aliphatic heterocycles. The molecule has 0 aliphatic carbocycles. The van der Waals surface area contributed by atoms with Crippen LogP contribution in [0.25, 0.3) is 0 Å². The minimum absolute atomic E-state index is 0.516. The predicted molar refractivity (Wildman–Crippen MR) is 95.5 cm³/mol. The van der Waals surface area contributed by atoms with E-state index in [1.54, 1.807) is 0 Å². The Hall–Kier alpha value is -1.49. The number of hydrogen-bond donors (Lipinski definition) is 1. The van der Waals surface area contributed by atoms with E-state index in [2.05, 4.69) is 30.0 Å². The SMILES string of the molecule is CC[NH3+].S=C([S-])N(Cc1ccccc1)Cc1ccccc1. The summed E-state index contributed by atoms with van der Waals surface area (Å²) in [6.07, 6.45) is 0. The lowest BCUT2D eigenvalue weighted by Crippen LogP contribution is -2.48. The third-order valence-corrected chi connectivity index (χ3v) is 3.21. The quantitative estimate of drug-likeness (QED) is 0.695. The maximum Gasteiger partial charge on any atom is 0.0711 e. The first-order valence-electron chi connectivity index (χ1n) is 7.00. The normalized spacial score (nSPS) is 9.43. The fourth-order valence-electron chi connectivity index (χ4n) is 1.79. The molecular weight excluding hydrogens is 296 g/mol. The second-order valence-corrected chi connectivity index (χ2v) is 5.62. The van der Waals surface area contributed by atoms with Crippen LogP contribution in [0.5, 0.6) is 0 Å². The van der Waals surface area contributed by atoms with Crippen LogP contribution in [0.1, 0.15) is 18.1 Å². The van der Waals surface area contributed by atoms with E-state index in [1.165, 1.54) is 11.1 Å². The number of nitrogens with zero attached hydrogens (tertiary/aromatic N) is 1. The van der Waals surface area contributed by atoms with Gasteiger partial charge in [-0.25, -0.2) is 0 Å². The van der Waals surface area contributed by atoms with E-state index in [0.29, 0.717) is 4.32 Å². The van der Waals surface area contributed by atoms with Gasteiger partial charge in [-0.15, -0.1) is 0 Å². The highest BCUT2D eigenvalue weighted by molar-refractivity contribution is 8.00. The summed E-state index contributed by atoms with van der Waals surface area (Å²) in [6.45, 7) is 4.54. The van der Waals surface area contributed by atoms with Crippen molar-refractivity contribution in [2.75, 3.05) is 6.54 Å². The Morgan fingerprint density at radius 3 is 1.57 bits per heavy atom. The largest absolute Gasteiger partial charge is 0.411 e. The molecule has 0 heterocycles. The molecule has 2 rings (SSSR count). The second-order valence-electron chi connectivity index (χ2n) is 4.59. The van der Waals surface area contributed by atoms with Crippen molar-refractivity contribution >= 4 is 29.2 Å². The minimum atomic E-state index is 0.516. The van der Waals surface area contributed by atoms with Crippen LogP contribution in [-0.2, 0) is 25.7 Å². The molecule has 3 N–H and O–H groups in total. The van der Waals surface area contributed by atoms with E-state index >= 15 is 0 Å². The molecule has 4 heteroatoms. The van der Waals surface area contributed by atoms with Crippen LogP contribution in [-0.4, -0.2) is 15.8 Å². The van der Waals surface area contributed by atoms with E-state index < -0.39 is 0 Å². The van der Waals surface area contributed by atoms with E-state index in [4.69, 9.17) is 24.8 Å². The molecule has 0 aliphatic rings. The van der Waals surface area contributed by atoms with Crippen LogP contribution in [0.3, 0.4) is 0 Å². The molecule has 0 fully saturated rings. The molecule has 0 aromatic heterocycles. The van der Waals surface area contributed by atoms with E-state index in [0.717, 1.165) is 19.6 Å². The first-order valence-corrected chi connectivity index (χ1v) is 7.82. The minimum Gasteiger partial charge on any atom is -0.411 e. The third kappa shape index (κ3) is 7.18. The Bertz CT molecular complexity index is 473. The Labute approximate surface area is 138 Å². The lowest BCUT2D eigenvalue weighted by atomic mass is 10.2. The highest BCUT2D eigenvalue weighted by atomic mass is 32.1. The number of rotatable bonds is 4.